The first-order chi connectivity index (χ1) is 16.0. The second kappa shape index (κ2) is 8.29. The average molecular weight is 445 g/mol. The number of fused-ring (bicyclic) bond motifs is 1. The normalized spacial score (nSPS) is 17.9. The van der Waals surface area contributed by atoms with Crippen LogP contribution in [-0.2, 0) is 12.1 Å². The van der Waals surface area contributed by atoms with E-state index in [1.807, 2.05) is 48.0 Å². The third-order valence-electron chi connectivity index (χ3n) is 5.91. The van der Waals surface area contributed by atoms with Crippen LogP contribution >= 0.6 is 0 Å². The topological polar surface area (TPSA) is 78.0 Å². The van der Waals surface area contributed by atoms with Crippen molar-refractivity contribution in [1.82, 2.24) is 24.3 Å². The maximum Gasteiger partial charge on any atom is 0.174 e. The van der Waals surface area contributed by atoms with Crippen LogP contribution < -0.4 is 4.74 Å². The van der Waals surface area contributed by atoms with Gasteiger partial charge in [-0.2, -0.15) is 5.10 Å². The minimum absolute atomic E-state index is 0.340. The van der Waals surface area contributed by atoms with E-state index < -0.39 is 5.60 Å². The molecule has 1 aliphatic heterocycles. The van der Waals surface area contributed by atoms with E-state index in [-0.39, 0.29) is 5.82 Å². The fraction of sp³-hybridized carbons (Fsp3) is 0.240. The summed E-state index contributed by atoms with van der Waals surface area (Å²) in [7, 11) is 1.64. The van der Waals surface area contributed by atoms with Crippen molar-refractivity contribution >= 4 is 12.2 Å². The van der Waals surface area contributed by atoms with Gasteiger partial charge in [0.1, 0.15) is 17.2 Å². The predicted molar refractivity (Wildman–Crippen MR) is 122 cm³/mol. The lowest BCUT2D eigenvalue weighted by Crippen LogP contribution is -2.35. The Balaban J connectivity index is 1.43. The Hall–Kier alpha value is -3.78. The van der Waals surface area contributed by atoms with Gasteiger partial charge in [0.15, 0.2) is 11.6 Å². The molecule has 0 amide bonds. The minimum atomic E-state index is -1.29. The number of rotatable bonds is 5. The van der Waals surface area contributed by atoms with Crippen LogP contribution in [0.15, 0.2) is 55.0 Å². The molecule has 0 bridgehead atoms. The van der Waals surface area contributed by atoms with E-state index in [4.69, 9.17) is 4.74 Å². The zero-order valence-electron chi connectivity index (χ0n) is 18.4. The molecule has 0 fully saturated rings. The molecule has 0 aliphatic carbocycles. The van der Waals surface area contributed by atoms with E-state index in [1.54, 1.807) is 30.3 Å². The highest BCUT2D eigenvalue weighted by atomic mass is 19.1. The second-order valence-electron chi connectivity index (χ2n) is 8.17. The molecular weight excluding hydrogens is 421 g/mol. The van der Waals surface area contributed by atoms with Crippen molar-refractivity contribution in [2.45, 2.75) is 31.9 Å². The van der Waals surface area contributed by atoms with Crippen molar-refractivity contribution in [3.8, 4) is 11.4 Å². The van der Waals surface area contributed by atoms with Gasteiger partial charge in [-0.3, -0.25) is 0 Å². The van der Waals surface area contributed by atoms with Gasteiger partial charge in [-0.25, -0.2) is 19.0 Å². The van der Waals surface area contributed by atoms with Crippen molar-refractivity contribution in [3.63, 3.8) is 0 Å². The number of ether oxygens (including phenoxy) is 1. The second-order valence-corrected chi connectivity index (χ2v) is 8.17. The summed E-state index contributed by atoms with van der Waals surface area (Å²) in [5.74, 6) is 1.36. The number of halogens is 1. The standard InChI is InChI=1S/C25H24FN5O2/c1-17-15-30(16-27-17)21-10-4-18(14-22(21)33-2)5-11-23-28-24-25(32,12-3-13-31(24)29-23)19-6-8-20(26)9-7-19/h4-11,14-16,32H,3,12-13H2,1-2H3/b11-5+/t25-/m0/s1. The number of aromatic nitrogens is 5. The van der Waals surface area contributed by atoms with Crippen LogP contribution in [0.5, 0.6) is 5.75 Å². The van der Waals surface area contributed by atoms with Crippen molar-refractivity contribution in [3.05, 3.63) is 89.3 Å². The van der Waals surface area contributed by atoms with Crippen molar-refractivity contribution in [2.75, 3.05) is 7.11 Å². The number of nitrogens with zero attached hydrogens (tertiary/aromatic N) is 5. The van der Waals surface area contributed by atoms with Gasteiger partial charge >= 0.3 is 0 Å². The van der Waals surface area contributed by atoms with Gasteiger partial charge in [-0.05, 0) is 61.2 Å². The van der Waals surface area contributed by atoms with Crippen LogP contribution in [0.2, 0.25) is 0 Å². The lowest BCUT2D eigenvalue weighted by molar-refractivity contribution is 0.0394. The largest absolute Gasteiger partial charge is 0.495 e. The Labute approximate surface area is 190 Å². The summed E-state index contributed by atoms with van der Waals surface area (Å²) in [5, 5.41) is 16.0. The fourth-order valence-corrected chi connectivity index (χ4v) is 4.22. The SMILES string of the molecule is COc1cc(/C=C/c2nc3n(n2)CCC[C@]3(O)c2ccc(F)cc2)ccc1-n1cnc(C)c1. The maximum absolute atomic E-state index is 13.4. The molecule has 1 atom stereocenters. The first-order valence-electron chi connectivity index (χ1n) is 10.8. The molecule has 8 heteroatoms. The molecular formula is C25H24FN5O2. The van der Waals surface area contributed by atoms with Gasteiger partial charge in [0.2, 0.25) is 0 Å². The van der Waals surface area contributed by atoms with E-state index in [2.05, 4.69) is 15.1 Å². The van der Waals surface area contributed by atoms with Crippen LogP contribution in [0.4, 0.5) is 4.39 Å². The first-order valence-corrected chi connectivity index (χ1v) is 10.8. The highest BCUT2D eigenvalue weighted by Crippen LogP contribution is 2.36. The molecule has 1 aliphatic rings. The number of benzene rings is 2. The average Bonchev–Trinajstić information content (AvgIpc) is 3.45. The summed E-state index contributed by atoms with van der Waals surface area (Å²) in [5.41, 5.74) is 2.07. The van der Waals surface area contributed by atoms with Gasteiger partial charge in [-0.1, -0.05) is 24.3 Å². The van der Waals surface area contributed by atoms with Crippen LogP contribution in [0, 0.1) is 12.7 Å². The third kappa shape index (κ3) is 3.93. The van der Waals surface area contributed by atoms with Crippen LogP contribution in [-0.4, -0.2) is 36.5 Å². The van der Waals surface area contributed by atoms with E-state index in [0.717, 1.165) is 29.1 Å². The van der Waals surface area contributed by atoms with Crippen molar-refractivity contribution in [2.24, 2.45) is 0 Å². The van der Waals surface area contributed by atoms with E-state index in [1.165, 1.54) is 12.1 Å². The van der Waals surface area contributed by atoms with Crippen molar-refractivity contribution < 1.29 is 14.2 Å². The summed E-state index contributed by atoms with van der Waals surface area (Å²) in [6.07, 6.45) is 8.67. The highest BCUT2D eigenvalue weighted by Gasteiger charge is 2.39. The van der Waals surface area contributed by atoms with Crippen LogP contribution in [0.3, 0.4) is 0 Å². The number of hydrogen-bond acceptors (Lipinski definition) is 5. The predicted octanol–water partition coefficient (Wildman–Crippen LogP) is 4.12. The Morgan fingerprint density at radius 1 is 1.15 bits per heavy atom. The lowest BCUT2D eigenvalue weighted by Gasteiger charge is -2.31. The molecule has 2 aromatic carbocycles. The number of imidazole rings is 1. The Morgan fingerprint density at radius 3 is 2.70 bits per heavy atom. The molecule has 33 heavy (non-hydrogen) atoms. The molecule has 168 valence electrons. The first kappa shape index (κ1) is 21.1. The Kier molecular flexibility index (Phi) is 5.30. The molecule has 2 aromatic heterocycles. The van der Waals surface area contributed by atoms with Crippen LogP contribution in [0.25, 0.3) is 17.8 Å². The quantitative estimate of drug-likeness (QED) is 0.500. The molecule has 1 N–H and O–H groups in total. The summed E-state index contributed by atoms with van der Waals surface area (Å²) in [4.78, 5) is 8.88. The zero-order chi connectivity index (χ0) is 23.0. The van der Waals surface area contributed by atoms with E-state index in [0.29, 0.717) is 30.2 Å². The molecule has 0 saturated heterocycles. The molecule has 0 radical (unpaired) electrons. The minimum Gasteiger partial charge on any atom is -0.495 e. The van der Waals surface area contributed by atoms with Gasteiger partial charge in [-0.15, -0.1) is 0 Å². The molecule has 0 unspecified atom stereocenters. The van der Waals surface area contributed by atoms with Crippen molar-refractivity contribution in [1.29, 1.82) is 0 Å². The lowest BCUT2D eigenvalue weighted by atomic mass is 9.86. The third-order valence-corrected chi connectivity index (χ3v) is 5.91. The van der Waals surface area contributed by atoms with Crippen LogP contribution in [0.1, 0.15) is 41.3 Å². The van der Waals surface area contributed by atoms with Gasteiger partial charge in [0, 0.05) is 12.7 Å². The Morgan fingerprint density at radius 2 is 1.97 bits per heavy atom. The summed E-state index contributed by atoms with van der Waals surface area (Å²) in [6.45, 7) is 2.61. The van der Waals surface area contributed by atoms with E-state index >= 15 is 0 Å². The molecule has 0 spiro atoms. The monoisotopic (exact) mass is 445 g/mol. The molecule has 4 aromatic rings. The highest BCUT2D eigenvalue weighted by molar-refractivity contribution is 5.69. The molecule has 3 heterocycles. The number of hydrogen-bond donors (Lipinski definition) is 1. The molecule has 0 saturated carbocycles. The summed E-state index contributed by atoms with van der Waals surface area (Å²) in [6, 6.07) is 11.8. The number of aryl methyl sites for hydroxylation is 2. The zero-order valence-corrected chi connectivity index (χ0v) is 18.4. The van der Waals surface area contributed by atoms with Gasteiger partial charge in [0.05, 0.1) is 24.8 Å². The summed E-state index contributed by atoms with van der Waals surface area (Å²) >= 11 is 0. The molecule has 7 nitrogen and oxygen atoms in total. The maximum atomic E-state index is 13.4. The van der Waals surface area contributed by atoms with Gasteiger partial charge < -0.3 is 14.4 Å². The molecule has 5 rings (SSSR count). The fourth-order valence-electron chi connectivity index (χ4n) is 4.22. The smallest absolute Gasteiger partial charge is 0.174 e. The number of aliphatic hydroxyl groups is 1. The summed E-state index contributed by atoms with van der Waals surface area (Å²) < 4.78 is 22.6. The van der Waals surface area contributed by atoms with Gasteiger partial charge in [0.25, 0.3) is 0 Å². The van der Waals surface area contributed by atoms with E-state index in [9.17, 15) is 9.50 Å². The Bertz CT molecular complexity index is 1330. The number of methoxy groups -OCH3 is 1.